The highest BCUT2D eigenvalue weighted by Crippen LogP contribution is 2.16. The van der Waals surface area contributed by atoms with Crippen LogP contribution in [-0.2, 0) is 6.54 Å². The fraction of sp³-hybridized carbons (Fsp3) is 0.429. The van der Waals surface area contributed by atoms with Crippen molar-refractivity contribution in [2.45, 2.75) is 46.7 Å². The Bertz CT molecular complexity index is 668. The molecule has 0 aliphatic carbocycles. The van der Waals surface area contributed by atoms with Gasteiger partial charge in [0.2, 0.25) is 0 Å². The highest BCUT2D eigenvalue weighted by molar-refractivity contribution is 5.94. The molecule has 0 spiro atoms. The maximum absolute atomic E-state index is 13.0. The van der Waals surface area contributed by atoms with E-state index >= 15 is 0 Å². The van der Waals surface area contributed by atoms with Crippen LogP contribution in [0.5, 0.6) is 0 Å². The van der Waals surface area contributed by atoms with Gasteiger partial charge in [-0.05, 0) is 37.8 Å². The summed E-state index contributed by atoms with van der Waals surface area (Å²) in [6.45, 7) is 9.96. The zero-order chi connectivity index (χ0) is 18.2. The molecule has 1 aromatic heterocycles. The van der Waals surface area contributed by atoms with E-state index in [1.54, 1.807) is 12.4 Å². The molecule has 1 heterocycles. The molecule has 2 aromatic rings. The van der Waals surface area contributed by atoms with Gasteiger partial charge in [-0.25, -0.2) is 0 Å². The molecule has 2 rings (SSSR count). The van der Waals surface area contributed by atoms with Crippen LogP contribution < -0.4 is 5.32 Å². The minimum atomic E-state index is 0.0128. The van der Waals surface area contributed by atoms with Crippen LogP contribution in [0.4, 0.5) is 5.69 Å². The molecule has 0 atom stereocenters. The van der Waals surface area contributed by atoms with Crippen molar-refractivity contribution in [3.8, 4) is 0 Å². The lowest BCUT2D eigenvalue weighted by atomic mass is 10.1. The summed E-state index contributed by atoms with van der Waals surface area (Å²) in [7, 11) is 0. The summed E-state index contributed by atoms with van der Waals surface area (Å²) in [6, 6.07) is 12.1. The molecule has 0 fully saturated rings. The van der Waals surface area contributed by atoms with Gasteiger partial charge in [-0.2, -0.15) is 0 Å². The molecule has 1 aromatic carbocycles. The van der Waals surface area contributed by atoms with E-state index in [2.05, 4.69) is 24.1 Å². The van der Waals surface area contributed by atoms with Gasteiger partial charge in [0.05, 0.1) is 11.3 Å². The van der Waals surface area contributed by atoms with E-state index in [1.807, 2.05) is 55.1 Å². The van der Waals surface area contributed by atoms with Crippen LogP contribution >= 0.6 is 0 Å². The molecular weight excluding hydrogens is 310 g/mol. The SMILES string of the molecule is CC(C)CCNc1cncc(C(=O)N(Cc2ccccc2)C(C)C)c1. The maximum atomic E-state index is 13.0. The predicted octanol–water partition coefficient (Wildman–Crippen LogP) is 4.59. The van der Waals surface area contributed by atoms with Crippen molar-refractivity contribution in [2.75, 3.05) is 11.9 Å². The average molecular weight is 339 g/mol. The van der Waals surface area contributed by atoms with Crippen molar-refractivity contribution >= 4 is 11.6 Å². The van der Waals surface area contributed by atoms with Crippen molar-refractivity contribution in [2.24, 2.45) is 5.92 Å². The molecule has 0 aliphatic rings. The van der Waals surface area contributed by atoms with Crippen molar-refractivity contribution < 1.29 is 4.79 Å². The van der Waals surface area contributed by atoms with Crippen molar-refractivity contribution in [1.29, 1.82) is 0 Å². The Balaban J connectivity index is 2.10. The summed E-state index contributed by atoms with van der Waals surface area (Å²) in [4.78, 5) is 19.1. The number of nitrogens with zero attached hydrogens (tertiary/aromatic N) is 2. The first kappa shape index (κ1) is 19.0. The van der Waals surface area contributed by atoms with Crippen LogP contribution in [0.1, 0.15) is 50.0 Å². The summed E-state index contributed by atoms with van der Waals surface area (Å²) < 4.78 is 0. The number of carbonyl (C=O) groups is 1. The number of carbonyl (C=O) groups excluding carboxylic acids is 1. The van der Waals surface area contributed by atoms with Crippen LogP contribution in [0.15, 0.2) is 48.8 Å². The number of hydrogen-bond acceptors (Lipinski definition) is 3. The van der Waals surface area contributed by atoms with Gasteiger partial charge in [0, 0.05) is 31.5 Å². The van der Waals surface area contributed by atoms with Gasteiger partial charge >= 0.3 is 0 Å². The molecule has 1 amide bonds. The largest absolute Gasteiger partial charge is 0.384 e. The van der Waals surface area contributed by atoms with Crippen LogP contribution in [0, 0.1) is 5.92 Å². The Morgan fingerprint density at radius 2 is 1.84 bits per heavy atom. The first-order valence-electron chi connectivity index (χ1n) is 9.01. The molecule has 4 nitrogen and oxygen atoms in total. The van der Waals surface area contributed by atoms with E-state index in [1.165, 1.54) is 0 Å². The molecule has 0 bridgehead atoms. The molecule has 134 valence electrons. The van der Waals surface area contributed by atoms with Gasteiger partial charge < -0.3 is 10.2 Å². The Kier molecular flexibility index (Phi) is 6.99. The monoisotopic (exact) mass is 339 g/mol. The number of benzene rings is 1. The number of aromatic nitrogens is 1. The van der Waals surface area contributed by atoms with E-state index < -0.39 is 0 Å². The second-order valence-corrected chi connectivity index (χ2v) is 7.08. The zero-order valence-corrected chi connectivity index (χ0v) is 15.7. The van der Waals surface area contributed by atoms with Crippen LogP contribution in [0.25, 0.3) is 0 Å². The third-order valence-corrected chi connectivity index (χ3v) is 4.12. The Morgan fingerprint density at radius 1 is 1.12 bits per heavy atom. The lowest BCUT2D eigenvalue weighted by Gasteiger charge is -2.27. The van der Waals surface area contributed by atoms with Gasteiger partial charge in [0.15, 0.2) is 0 Å². The molecular formula is C21H29N3O. The summed E-state index contributed by atoms with van der Waals surface area (Å²) >= 11 is 0. The van der Waals surface area contributed by atoms with E-state index in [0.717, 1.165) is 24.2 Å². The number of hydrogen-bond donors (Lipinski definition) is 1. The van der Waals surface area contributed by atoms with E-state index in [9.17, 15) is 4.79 Å². The topological polar surface area (TPSA) is 45.2 Å². The molecule has 25 heavy (non-hydrogen) atoms. The van der Waals surface area contributed by atoms with Crippen molar-refractivity contribution in [3.63, 3.8) is 0 Å². The smallest absolute Gasteiger partial charge is 0.256 e. The van der Waals surface area contributed by atoms with E-state index in [-0.39, 0.29) is 11.9 Å². The molecule has 4 heteroatoms. The quantitative estimate of drug-likeness (QED) is 0.765. The van der Waals surface area contributed by atoms with Crippen LogP contribution in [0.3, 0.4) is 0 Å². The Morgan fingerprint density at radius 3 is 2.48 bits per heavy atom. The van der Waals surface area contributed by atoms with Crippen LogP contribution in [0.2, 0.25) is 0 Å². The number of nitrogens with one attached hydrogen (secondary N) is 1. The summed E-state index contributed by atoms with van der Waals surface area (Å²) in [6.07, 6.45) is 4.51. The fourth-order valence-electron chi connectivity index (χ4n) is 2.59. The molecule has 0 saturated heterocycles. The second-order valence-electron chi connectivity index (χ2n) is 7.08. The summed E-state index contributed by atoms with van der Waals surface area (Å²) in [5.41, 5.74) is 2.65. The van der Waals surface area contributed by atoms with Crippen LogP contribution in [-0.4, -0.2) is 28.4 Å². The van der Waals surface area contributed by atoms with Gasteiger partial charge in [-0.1, -0.05) is 44.2 Å². The van der Waals surface area contributed by atoms with Gasteiger partial charge in [-0.3, -0.25) is 9.78 Å². The normalized spacial score (nSPS) is 11.0. The highest BCUT2D eigenvalue weighted by Gasteiger charge is 2.19. The van der Waals surface area contributed by atoms with Crippen molar-refractivity contribution in [1.82, 2.24) is 9.88 Å². The molecule has 0 saturated carbocycles. The molecule has 0 radical (unpaired) electrons. The molecule has 0 unspecified atom stereocenters. The average Bonchev–Trinajstić information content (AvgIpc) is 2.60. The fourth-order valence-corrected chi connectivity index (χ4v) is 2.59. The first-order valence-corrected chi connectivity index (χ1v) is 9.01. The predicted molar refractivity (Wildman–Crippen MR) is 104 cm³/mol. The lowest BCUT2D eigenvalue weighted by molar-refractivity contribution is 0.0690. The third-order valence-electron chi connectivity index (χ3n) is 4.12. The summed E-state index contributed by atoms with van der Waals surface area (Å²) in [5, 5.41) is 3.36. The standard InChI is InChI=1S/C21H29N3O/c1-16(2)10-11-23-20-12-19(13-22-14-20)21(25)24(17(3)4)15-18-8-6-5-7-9-18/h5-9,12-14,16-17,23H,10-11,15H2,1-4H3. The minimum Gasteiger partial charge on any atom is -0.384 e. The Labute approximate surface area is 151 Å². The van der Waals surface area contributed by atoms with Gasteiger partial charge in [-0.15, -0.1) is 0 Å². The van der Waals surface area contributed by atoms with Gasteiger partial charge in [0.25, 0.3) is 5.91 Å². The minimum absolute atomic E-state index is 0.0128. The third kappa shape index (κ3) is 5.89. The molecule has 1 N–H and O–H groups in total. The number of rotatable bonds is 8. The number of anilines is 1. The zero-order valence-electron chi connectivity index (χ0n) is 15.7. The maximum Gasteiger partial charge on any atom is 0.256 e. The van der Waals surface area contributed by atoms with Gasteiger partial charge in [0.1, 0.15) is 0 Å². The first-order chi connectivity index (χ1) is 12.0. The number of amides is 1. The molecule has 0 aliphatic heterocycles. The lowest BCUT2D eigenvalue weighted by Crippen LogP contribution is -2.36. The van der Waals surface area contributed by atoms with E-state index in [0.29, 0.717) is 18.0 Å². The van der Waals surface area contributed by atoms with E-state index in [4.69, 9.17) is 0 Å². The summed E-state index contributed by atoms with van der Waals surface area (Å²) in [5.74, 6) is 0.659. The Hall–Kier alpha value is -2.36. The highest BCUT2D eigenvalue weighted by atomic mass is 16.2. The second kappa shape index (κ2) is 9.21. The van der Waals surface area contributed by atoms with Crippen molar-refractivity contribution in [3.05, 3.63) is 59.9 Å². The number of pyridine rings is 1.